The third-order valence-electron chi connectivity index (χ3n) is 4.04. The van der Waals surface area contributed by atoms with Gasteiger partial charge in [0.05, 0.1) is 6.54 Å². The largest absolute Gasteiger partial charge is 0.352 e. The zero-order valence-corrected chi connectivity index (χ0v) is 12.9. The highest BCUT2D eigenvalue weighted by Crippen LogP contribution is 2.22. The van der Waals surface area contributed by atoms with Crippen molar-refractivity contribution in [3.05, 3.63) is 0 Å². The van der Waals surface area contributed by atoms with Crippen molar-refractivity contribution in [3.63, 3.8) is 0 Å². The summed E-state index contributed by atoms with van der Waals surface area (Å²) in [6, 6.07) is 0.358. The van der Waals surface area contributed by atoms with Crippen LogP contribution in [-0.4, -0.2) is 37.5 Å². The molecular formula is C14H26ClN3O2. The van der Waals surface area contributed by atoms with Gasteiger partial charge in [0.1, 0.15) is 0 Å². The quantitative estimate of drug-likeness (QED) is 0.681. The average molecular weight is 304 g/mol. The Hall–Kier alpha value is -0.810. The number of hydrogen-bond acceptors (Lipinski definition) is 3. The Morgan fingerprint density at radius 3 is 2.60 bits per heavy atom. The van der Waals surface area contributed by atoms with E-state index in [1.165, 1.54) is 12.8 Å². The van der Waals surface area contributed by atoms with E-state index >= 15 is 0 Å². The van der Waals surface area contributed by atoms with Crippen molar-refractivity contribution >= 4 is 24.2 Å². The minimum atomic E-state index is -0.0668. The summed E-state index contributed by atoms with van der Waals surface area (Å²) >= 11 is 0. The van der Waals surface area contributed by atoms with E-state index in [-0.39, 0.29) is 30.8 Å². The van der Waals surface area contributed by atoms with Crippen molar-refractivity contribution < 1.29 is 9.59 Å². The molecule has 2 atom stereocenters. The summed E-state index contributed by atoms with van der Waals surface area (Å²) in [5.74, 6) is 0.881. The van der Waals surface area contributed by atoms with Crippen LogP contribution in [-0.2, 0) is 9.59 Å². The average Bonchev–Trinajstić information content (AvgIpc) is 3.21. The summed E-state index contributed by atoms with van der Waals surface area (Å²) in [5.41, 5.74) is 0. The third kappa shape index (κ3) is 6.09. The molecule has 0 radical (unpaired) electrons. The van der Waals surface area contributed by atoms with Crippen LogP contribution >= 0.6 is 12.4 Å². The van der Waals surface area contributed by atoms with Crippen molar-refractivity contribution in [3.8, 4) is 0 Å². The van der Waals surface area contributed by atoms with Gasteiger partial charge in [0.2, 0.25) is 11.8 Å². The molecule has 20 heavy (non-hydrogen) atoms. The summed E-state index contributed by atoms with van der Waals surface area (Å²) in [7, 11) is 0. The van der Waals surface area contributed by atoms with Crippen LogP contribution in [0.25, 0.3) is 0 Å². The minimum absolute atomic E-state index is 0. The molecule has 5 nitrogen and oxygen atoms in total. The first kappa shape index (κ1) is 17.2. The Bertz CT molecular complexity index is 328. The fourth-order valence-corrected chi connectivity index (χ4v) is 2.58. The molecule has 0 spiro atoms. The Labute approximate surface area is 127 Å². The van der Waals surface area contributed by atoms with Gasteiger partial charge >= 0.3 is 0 Å². The van der Waals surface area contributed by atoms with Crippen molar-refractivity contribution in [2.75, 3.05) is 19.6 Å². The van der Waals surface area contributed by atoms with Crippen molar-refractivity contribution in [1.29, 1.82) is 0 Å². The van der Waals surface area contributed by atoms with Gasteiger partial charge < -0.3 is 16.0 Å². The van der Waals surface area contributed by atoms with E-state index in [1.54, 1.807) is 0 Å². The molecule has 6 heteroatoms. The van der Waals surface area contributed by atoms with Crippen LogP contribution in [0.5, 0.6) is 0 Å². The molecule has 2 unspecified atom stereocenters. The summed E-state index contributed by atoms with van der Waals surface area (Å²) in [6.45, 7) is 4.35. The monoisotopic (exact) mass is 303 g/mol. The molecule has 2 rings (SSSR count). The van der Waals surface area contributed by atoms with Gasteiger partial charge in [0.15, 0.2) is 0 Å². The van der Waals surface area contributed by atoms with E-state index in [1.807, 2.05) is 0 Å². The van der Waals surface area contributed by atoms with Crippen LogP contribution in [0.15, 0.2) is 0 Å². The van der Waals surface area contributed by atoms with E-state index in [0.717, 1.165) is 25.9 Å². The molecule has 0 aromatic carbocycles. The Kier molecular flexibility index (Phi) is 7.30. The Balaban J connectivity index is 0.00000200. The maximum absolute atomic E-state index is 11.8. The highest BCUT2D eigenvalue weighted by Gasteiger charge is 2.24. The summed E-state index contributed by atoms with van der Waals surface area (Å²) < 4.78 is 0. The van der Waals surface area contributed by atoms with Crippen LogP contribution in [0, 0.1) is 11.8 Å². The van der Waals surface area contributed by atoms with E-state index < -0.39 is 0 Å². The van der Waals surface area contributed by atoms with E-state index in [9.17, 15) is 9.59 Å². The molecular weight excluding hydrogens is 278 g/mol. The molecule has 3 N–H and O–H groups in total. The maximum atomic E-state index is 11.8. The van der Waals surface area contributed by atoms with Gasteiger partial charge in [0, 0.05) is 12.5 Å². The summed E-state index contributed by atoms with van der Waals surface area (Å²) in [6.07, 6.45) is 5.06. The first-order chi connectivity index (χ1) is 9.15. The molecule has 2 amide bonds. The van der Waals surface area contributed by atoms with Crippen LogP contribution < -0.4 is 16.0 Å². The van der Waals surface area contributed by atoms with Gasteiger partial charge in [-0.3, -0.25) is 9.59 Å². The number of rotatable bonds is 6. The van der Waals surface area contributed by atoms with Crippen molar-refractivity contribution in [1.82, 2.24) is 16.0 Å². The summed E-state index contributed by atoms with van der Waals surface area (Å²) in [5, 5.41) is 8.95. The van der Waals surface area contributed by atoms with E-state index in [4.69, 9.17) is 0 Å². The van der Waals surface area contributed by atoms with Crippen LogP contribution in [0.2, 0.25) is 0 Å². The van der Waals surface area contributed by atoms with Gasteiger partial charge in [-0.25, -0.2) is 0 Å². The molecule has 1 saturated carbocycles. The van der Waals surface area contributed by atoms with Crippen LogP contribution in [0.3, 0.4) is 0 Å². The number of halogens is 1. The van der Waals surface area contributed by atoms with Crippen LogP contribution in [0.4, 0.5) is 0 Å². The maximum Gasteiger partial charge on any atom is 0.239 e. The van der Waals surface area contributed by atoms with Gasteiger partial charge in [-0.2, -0.15) is 0 Å². The van der Waals surface area contributed by atoms with Crippen LogP contribution in [0.1, 0.15) is 39.0 Å². The smallest absolute Gasteiger partial charge is 0.239 e. The second-order valence-corrected chi connectivity index (χ2v) is 5.91. The number of piperidine rings is 1. The fourth-order valence-electron chi connectivity index (χ4n) is 2.58. The van der Waals surface area contributed by atoms with E-state index in [0.29, 0.717) is 24.3 Å². The number of hydrogen-bond donors (Lipinski definition) is 3. The lowest BCUT2D eigenvalue weighted by Crippen LogP contribution is -2.39. The molecule has 1 heterocycles. The summed E-state index contributed by atoms with van der Waals surface area (Å²) in [4.78, 5) is 23.2. The molecule has 0 bridgehead atoms. The third-order valence-corrected chi connectivity index (χ3v) is 4.04. The van der Waals surface area contributed by atoms with E-state index in [2.05, 4.69) is 22.9 Å². The first-order valence-electron chi connectivity index (χ1n) is 7.42. The SMILES string of the molecule is CC(CC(=O)NCC(=O)NC1CC1)C1CCCNC1.Cl. The Morgan fingerprint density at radius 2 is 2.00 bits per heavy atom. The van der Waals surface area contributed by atoms with Gasteiger partial charge in [-0.1, -0.05) is 6.92 Å². The minimum Gasteiger partial charge on any atom is -0.352 e. The molecule has 0 aromatic rings. The Morgan fingerprint density at radius 1 is 1.25 bits per heavy atom. The lowest BCUT2D eigenvalue weighted by atomic mass is 9.85. The molecule has 1 saturated heterocycles. The fraction of sp³-hybridized carbons (Fsp3) is 0.857. The number of carbonyl (C=O) groups excluding carboxylic acids is 2. The van der Waals surface area contributed by atoms with Crippen molar-refractivity contribution in [2.24, 2.45) is 11.8 Å². The molecule has 1 aliphatic heterocycles. The van der Waals surface area contributed by atoms with Crippen molar-refractivity contribution in [2.45, 2.75) is 45.1 Å². The zero-order valence-electron chi connectivity index (χ0n) is 12.1. The lowest BCUT2D eigenvalue weighted by Gasteiger charge is -2.27. The molecule has 1 aliphatic carbocycles. The molecule has 116 valence electrons. The zero-order chi connectivity index (χ0) is 13.7. The first-order valence-corrected chi connectivity index (χ1v) is 7.42. The van der Waals surface area contributed by atoms with Gasteiger partial charge in [-0.15, -0.1) is 12.4 Å². The molecule has 2 aliphatic rings. The predicted octanol–water partition coefficient (Wildman–Crippen LogP) is 0.829. The topological polar surface area (TPSA) is 70.2 Å². The highest BCUT2D eigenvalue weighted by molar-refractivity contribution is 5.85. The second-order valence-electron chi connectivity index (χ2n) is 5.91. The standard InChI is InChI=1S/C14H25N3O2.ClH/c1-10(11-3-2-6-15-8-11)7-13(18)16-9-14(19)17-12-4-5-12;/h10-12,15H,2-9H2,1H3,(H,16,18)(H,17,19);1H. The molecule has 2 fully saturated rings. The molecule has 0 aromatic heterocycles. The van der Waals surface area contributed by atoms with Gasteiger partial charge in [0.25, 0.3) is 0 Å². The number of amides is 2. The highest BCUT2D eigenvalue weighted by atomic mass is 35.5. The number of carbonyl (C=O) groups is 2. The predicted molar refractivity (Wildman–Crippen MR) is 80.8 cm³/mol. The number of nitrogens with one attached hydrogen (secondary N) is 3. The normalized spacial score (nSPS) is 23.4. The van der Waals surface area contributed by atoms with Gasteiger partial charge in [-0.05, 0) is 50.6 Å². The lowest BCUT2D eigenvalue weighted by molar-refractivity contribution is -0.126. The second kappa shape index (κ2) is 8.47.